The molecule has 26 heavy (non-hydrogen) atoms. The number of fused-ring (bicyclic) bond motifs is 3. The van der Waals surface area contributed by atoms with E-state index in [4.69, 9.17) is 0 Å². The molecular formula is C20H20ClF4N. The normalized spacial score (nSPS) is 24.5. The Hall–Kier alpha value is -1.59. The van der Waals surface area contributed by atoms with Crippen LogP contribution in [0.25, 0.3) is 0 Å². The standard InChI is InChI=1S/C20H19F4N.ClH/c21-15-3-1-2-12(8-15)9-19-17-6-4-13-10-14(20(22,23)24)5-7-16(13)18(17)11-25-19;/h1-3,5,7-8,10,17-19,25H,4,6,9,11H2;1H/t17?,18-,19-;/m1./s1. The van der Waals surface area contributed by atoms with Crippen molar-refractivity contribution in [1.29, 1.82) is 0 Å². The van der Waals surface area contributed by atoms with E-state index >= 15 is 0 Å². The highest BCUT2D eigenvalue weighted by atomic mass is 35.5. The average Bonchev–Trinajstić information content (AvgIpc) is 2.97. The monoisotopic (exact) mass is 385 g/mol. The Labute approximate surface area is 156 Å². The summed E-state index contributed by atoms with van der Waals surface area (Å²) in [5.41, 5.74) is 2.26. The zero-order valence-electron chi connectivity index (χ0n) is 14.0. The summed E-state index contributed by atoms with van der Waals surface area (Å²) in [7, 11) is 0. The van der Waals surface area contributed by atoms with Gasteiger partial charge in [0.15, 0.2) is 0 Å². The summed E-state index contributed by atoms with van der Waals surface area (Å²) in [4.78, 5) is 0. The van der Waals surface area contributed by atoms with Gasteiger partial charge in [0, 0.05) is 18.5 Å². The third-order valence-electron chi connectivity index (χ3n) is 5.60. The maximum atomic E-state index is 13.4. The van der Waals surface area contributed by atoms with Crippen molar-refractivity contribution < 1.29 is 17.6 Å². The van der Waals surface area contributed by atoms with Gasteiger partial charge in [0.2, 0.25) is 0 Å². The molecule has 0 aromatic heterocycles. The highest BCUT2D eigenvalue weighted by Gasteiger charge is 2.40. The van der Waals surface area contributed by atoms with Crippen molar-refractivity contribution in [1.82, 2.24) is 5.32 Å². The number of rotatable bonds is 2. The van der Waals surface area contributed by atoms with Crippen molar-refractivity contribution in [2.75, 3.05) is 6.54 Å². The van der Waals surface area contributed by atoms with Crippen LogP contribution in [0, 0.1) is 11.7 Å². The van der Waals surface area contributed by atoms with Gasteiger partial charge < -0.3 is 5.32 Å². The molecule has 1 aliphatic carbocycles. The van der Waals surface area contributed by atoms with E-state index in [0.717, 1.165) is 36.1 Å². The van der Waals surface area contributed by atoms with E-state index in [-0.39, 0.29) is 30.2 Å². The summed E-state index contributed by atoms with van der Waals surface area (Å²) in [6.45, 7) is 0.767. The summed E-state index contributed by atoms with van der Waals surface area (Å²) < 4.78 is 52.2. The van der Waals surface area contributed by atoms with Crippen LogP contribution in [0.5, 0.6) is 0 Å². The second-order valence-electron chi connectivity index (χ2n) is 7.07. The van der Waals surface area contributed by atoms with Gasteiger partial charge in [0.25, 0.3) is 0 Å². The van der Waals surface area contributed by atoms with E-state index in [1.807, 2.05) is 6.07 Å². The molecular weight excluding hydrogens is 366 g/mol. The van der Waals surface area contributed by atoms with E-state index < -0.39 is 11.7 Å². The van der Waals surface area contributed by atoms with Gasteiger partial charge in [-0.3, -0.25) is 0 Å². The zero-order chi connectivity index (χ0) is 17.6. The molecule has 140 valence electrons. The first-order valence-electron chi connectivity index (χ1n) is 8.59. The molecule has 1 N–H and O–H groups in total. The number of aryl methyl sites for hydroxylation is 1. The molecule has 1 nitrogen and oxygen atoms in total. The van der Waals surface area contributed by atoms with Crippen LogP contribution in [-0.2, 0) is 19.0 Å². The van der Waals surface area contributed by atoms with E-state index in [0.29, 0.717) is 12.3 Å². The fraction of sp³-hybridized carbons (Fsp3) is 0.400. The summed E-state index contributed by atoms with van der Waals surface area (Å²) in [6, 6.07) is 11.0. The zero-order valence-corrected chi connectivity index (χ0v) is 14.8. The molecule has 1 heterocycles. The van der Waals surface area contributed by atoms with Crippen LogP contribution >= 0.6 is 12.4 Å². The number of hydrogen-bond donors (Lipinski definition) is 1. The molecule has 1 aliphatic heterocycles. The van der Waals surface area contributed by atoms with Crippen LogP contribution in [0.3, 0.4) is 0 Å². The molecule has 2 aromatic rings. The minimum absolute atomic E-state index is 0. The lowest BCUT2D eigenvalue weighted by Gasteiger charge is -2.31. The van der Waals surface area contributed by atoms with Crippen LogP contribution in [-0.4, -0.2) is 12.6 Å². The third-order valence-corrected chi connectivity index (χ3v) is 5.60. The van der Waals surface area contributed by atoms with Crippen molar-refractivity contribution in [3.63, 3.8) is 0 Å². The summed E-state index contributed by atoms with van der Waals surface area (Å²) in [5.74, 6) is 0.387. The van der Waals surface area contributed by atoms with Crippen LogP contribution in [0.2, 0.25) is 0 Å². The van der Waals surface area contributed by atoms with Crippen molar-refractivity contribution in [2.45, 2.75) is 37.4 Å². The number of alkyl halides is 3. The van der Waals surface area contributed by atoms with Gasteiger partial charge in [-0.05, 0) is 66.1 Å². The fourth-order valence-electron chi connectivity index (χ4n) is 4.43. The van der Waals surface area contributed by atoms with Crippen molar-refractivity contribution in [3.05, 3.63) is 70.5 Å². The van der Waals surface area contributed by atoms with Crippen molar-refractivity contribution in [3.8, 4) is 0 Å². The summed E-state index contributed by atoms with van der Waals surface area (Å²) >= 11 is 0. The second kappa shape index (κ2) is 7.20. The van der Waals surface area contributed by atoms with E-state index in [1.54, 1.807) is 18.2 Å². The lowest BCUT2D eigenvalue weighted by atomic mass is 9.73. The highest BCUT2D eigenvalue weighted by Crippen LogP contribution is 2.43. The Bertz CT molecular complexity index is 790. The third kappa shape index (κ3) is 3.60. The lowest BCUT2D eigenvalue weighted by molar-refractivity contribution is -0.137. The van der Waals surface area contributed by atoms with Crippen molar-refractivity contribution in [2.24, 2.45) is 5.92 Å². The highest BCUT2D eigenvalue weighted by molar-refractivity contribution is 5.85. The first kappa shape index (κ1) is 19.2. The maximum absolute atomic E-state index is 13.4. The largest absolute Gasteiger partial charge is 0.416 e. The van der Waals surface area contributed by atoms with Crippen LogP contribution in [0.4, 0.5) is 17.6 Å². The predicted molar refractivity (Wildman–Crippen MR) is 95.1 cm³/mol. The van der Waals surface area contributed by atoms with Gasteiger partial charge in [-0.1, -0.05) is 18.2 Å². The van der Waals surface area contributed by atoms with Gasteiger partial charge >= 0.3 is 6.18 Å². The first-order valence-corrected chi connectivity index (χ1v) is 8.59. The van der Waals surface area contributed by atoms with E-state index in [1.165, 1.54) is 18.2 Å². The molecule has 4 rings (SSSR count). The molecule has 2 aliphatic rings. The number of halogens is 5. The van der Waals surface area contributed by atoms with Crippen LogP contribution < -0.4 is 5.32 Å². The smallest absolute Gasteiger partial charge is 0.313 e. The average molecular weight is 386 g/mol. The van der Waals surface area contributed by atoms with Crippen LogP contribution in [0.15, 0.2) is 42.5 Å². The Kier molecular flexibility index (Phi) is 5.31. The topological polar surface area (TPSA) is 12.0 Å². The summed E-state index contributed by atoms with van der Waals surface area (Å²) in [6.07, 6.45) is -2.01. The molecule has 1 fully saturated rings. The fourth-order valence-corrected chi connectivity index (χ4v) is 4.43. The van der Waals surface area contributed by atoms with Gasteiger partial charge in [-0.15, -0.1) is 12.4 Å². The van der Waals surface area contributed by atoms with Gasteiger partial charge in [0.05, 0.1) is 5.56 Å². The van der Waals surface area contributed by atoms with Gasteiger partial charge in [-0.2, -0.15) is 13.2 Å². The molecule has 0 saturated carbocycles. The molecule has 0 bridgehead atoms. The molecule has 1 unspecified atom stereocenters. The lowest BCUT2D eigenvalue weighted by Crippen LogP contribution is -2.31. The first-order chi connectivity index (χ1) is 11.9. The maximum Gasteiger partial charge on any atom is 0.416 e. The molecule has 6 heteroatoms. The molecule has 2 aromatic carbocycles. The molecule has 0 spiro atoms. The van der Waals surface area contributed by atoms with E-state index in [2.05, 4.69) is 5.32 Å². The number of hydrogen-bond acceptors (Lipinski definition) is 1. The molecule has 0 radical (unpaired) electrons. The van der Waals surface area contributed by atoms with E-state index in [9.17, 15) is 17.6 Å². The predicted octanol–water partition coefficient (Wildman–Crippen LogP) is 5.13. The van der Waals surface area contributed by atoms with Gasteiger partial charge in [0.1, 0.15) is 5.82 Å². The second-order valence-corrected chi connectivity index (χ2v) is 7.07. The Morgan fingerprint density at radius 2 is 1.88 bits per heavy atom. The molecule has 0 amide bonds. The van der Waals surface area contributed by atoms with Crippen LogP contribution in [0.1, 0.15) is 34.6 Å². The SMILES string of the molecule is Cl.Fc1cccc(C[C@H]2NC[C@@H]3c4ccc(C(F)(F)F)cc4CCC32)c1. The Balaban J connectivity index is 0.00000196. The Morgan fingerprint density at radius 3 is 2.62 bits per heavy atom. The quantitative estimate of drug-likeness (QED) is 0.707. The molecule has 1 saturated heterocycles. The number of benzene rings is 2. The molecule has 3 atom stereocenters. The minimum Gasteiger partial charge on any atom is -0.313 e. The summed E-state index contributed by atoms with van der Waals surface area (Å²) in [5, 5.41) is 3.51. The van der Waals surface area contributed by atoms with Gasteiger partial charge in [-0.25, -0.2) is 4.39 Å². The van der Waals surface area contributed by atoms with Crippen molar-refractivity contribution >= 4 is 12.4 Å². The minimum atomic E-state index is -4.29. The Morgan fingerprint density at radius 1 is 1.08 bits per heavy atom. The number of nitrogens with one attached hydrogen (secondary N) is 1.